The number of nitrogens with one attached hydrogen (secondary N) is 3. The molecule has 32 atom stereocenters. The number of hydrogen-bond donors (Lipinski definition) is 26. The van der Waals surface area contributed by atoms with Gasteiger partial charge in [-0.25, -0.2) is 9.59 Å². The van der Waals surface area contributed by atoms with Crippen LogP contribution in [0.15, 0.2) is 0 Å². The molecule has 0 unspecified atom stereocenters. The molecule has 0 aromatic carbocycles. The van der Waals surface area contributed by atoms with Crippen molar-refractivity contribution in [3.8, 4) is 0 Å². The lowest BCUT2D eigenvalue weighted by molar-refractivity contribution is -0.390. The van der Waals surface area contributed by atoms with Gasteiger partial charge in [-0.1, -0.05) is 0 Å². The Morgan fingerprint density at radius 2 is 0.900 bits per heavy atom. The Labute approximate surface area is 506 Å². The number of carboxylic acid groups (broad SMARTS) is 2. The van der Waals surface area contributed by atoms with Crippen molar-refractivity contribution in [1.29, 1.82) is 0 Å². The van der Waals surface area contributed by atoms with Crippen LogP contribution < -0.4 is 16.0 Å². The molecule has 0 bridgehead atoms. The number of carbonyl (C=O) groups is 5. The summed E-state index contributed by atoms with van der Waals surface area (Å²) in [6.45, 7) is -9.05. The van der Waals surface area contributed by atoms with E-state index in [-0.39, 0.29) is 0 Å². The molecule has 0 saturated carbocycles. The van der Waals surface area contributed by atoms with Crippen molar-refractivity contribution in [2.45, 2.75) is 215 Å². The van der Waals surface area contributed by atoms with Crippen molar-refractivity contribution in [1.82, 2.24) is 16.0 Å². The lowest BCUT2D eigenvalue weighted by Gasteiger charge is -2.52. The molecule has 6 aliphatic heterocycles. The van der Waals surface area contributed by atoms with Crippen LogP contribution in [0.3, 0.4) is 0 Å². The van der Waals surface area contributed by atoms with Gasteiger partial charge in [0.25, 0.3) is 11.6 Å². The summed E-state index contributed by atoms with van der Waals surface area (Å²) in [4.78, 5) is 64.3. The molecule has 6 rings (SSSR count). The topological polar surface area (TPSA) is 688 Å². The average Bonchev–Trinajstić information content (AvgIpc) is 0.776. The van der Waals surface area contributed by atoms with Crippen molar-refractivity contribution in [3.05, 3.63) is 0 Å². The maximum Gasteiger partial charge on any atom is 0.364 e. The first kappa shape index (κ1) is 75.1. The maximum atomic E-state index is 13.3. The highest BCUT2D eigenvalue weighted by molar-refractivity contribution is 5.79. The molecule has 6 saturated heterocycles. The second kappa shape index (κ2) is 32.0. The van der Waals surface area contributed by atoms with E-state index in [0.29, 0.717) is 0 Å². The van der Waals surface area contributed by atoms with Gasteiger partial charge in [0.1, 0.15) is 147 Å². The molecule has 6 heterocycles. The number of rotatable bonds is 27. The SMILES string of the molecule is CC(=O)N[C@H]1[C@H](O[C@@H]2[C@H](O)[C@@H](O)[C@H](O[C@H]3[C@H](O)[C@@H](O)[C@H](O)O[C@@H]3CO)O[C@@H]2CO)O[C@H](CO[C@]2(C(=O)O)C[C@H](O)[C@@H](NC(=O)CO)[C@H]([C@H](O)[C@H](O)CO)O2)[C@H](O)[C@@H]1O[C@@H]1O[C@H](CO)[C@H](O)[C@H](O[C@]2(C(=O)O)C[C@H](O)[C@@H](NC(=O)CO)[C@H]([C@H](O)[C@H](O)CO)O2)[C@H]1O. The average molecular weight is 1320 g/mol. The van der Waals surface area contributed by atoms with Gasteiger partial charge in [-0.3, -0.25) is 14.4 Å². The van der Waals surface area contributed by atoms with E-state index < -0.39 is 291 Å². The van der Waals surface area contributed by atoms with Crippen molar-refractivity contribution >= 4 is 29.7 Å². The van der Waals surface area contributed by atoms with Crippen LogP contribution in [0.2, 0.25) is 0 Å². The molecular formula is C48H79N3O39. The number of hydrogen-bond acceptors (Lipinski definition) is 37. The normalized spacial score (nSPS) is 43.9. The Balaban J connectivity index is 1.41. The predicted molar refractivity (Wildman–Crippen MR) is 271 cm³/mol. The monoisotopic (exact) mass is 1320 g/mol. The van der Waals surface area contributed by atoms with E-state index in [4.69, 9.17) is 52.1 Å². The molecule has 26 N–H and O–H groups in total. The highest BCUT2D eigenvalue weighted by atomic mass is 16.8. The first-order chi connectivity index (χ1) is 42.3. The Morgan fingerprint density at radius 3 is 1.38 bits per heavy atom. The van der Waals surface area contributed by atoms with Crippen LogP contribution in [-0.4, -0.2) is 395 Å². The molecule has 42 heteroatoms. The van der Waals surface area contributed by atoms with Gasteiger partial charge in [0.2, 0.25) is 17.7 Å². The zero-order chi connectivity index (χ0) is 67.2. The summed E-state index contributed by atoms with van der Waals surface area (Å²) < 4.78 is 62.8. The molecule has 0 aromatic rings. The number of ether oxygens (including phenoxy) is 11. The summed E-state index contributed by atoms with van der Waals surface area (Å²) in [5.41, 5.74) is 0. The summed E-state index contributed by atoms with van der Waals surface area (Å²) in [7, 11) is 0. The van der Waals surface area contributed by atoms with Crippen LogP contribution in [0.5, 0.6) is 0 Å². The quantitative estimate of drug-likeness (QED) is 0.0363. The van der Waals surface area contributed by atoms with Crippen LogP contribution in [-0.2, 0) is 76.1 Å². The minimum absolute atomic E-state index is 0.841. The fourth-order valence-corrected chi connectivity index (χ4v) is 11.0. The van der Waals surface area contributed by atoms with Crippen molar-refractivity contribution < 1.29 is 194 Å². The number of carboxylic acids is 2. The first-order valence-electron chi connectivity index (χ1n) is 27.7. The molecule has 0 radical (unpaired) electrons. The third kappa shape index (κ3) is 16.2. The standard InChI is InChI=1S/C48H79N3O39/c1-12(59)49-25-37(87-44-34(74)40(28(68)17(6-54)82-44)90-48(46(78)79)3-14(61)24(51-22(65)10-58)39(89-48)27(67)16(63)5-53)29(69)20(11-80-47(45(76)77)2-13(60)23(50-21(64)9-57)38(88-47)26(66)15(62)4-52)84-42(25)85-36-19(8-56)83-43(33(73)31(36)71)86-35-18(7-55)81-41(75)32(72)30(35)70/h13-20,23-44,52-58,60-63,66-75H,2-11H2,1H3,(H,49,59)(H,50,64)(H,51,65)(H,76,77)(H,78,79)/t13-,14-,15+,16+,17+,18+,19+,20+,23+,24+,25+,26+,27+,28-,29-,30+,31+,32+,33+,34+,35+,36-,37+,38+,39+,40-,41+,42-,43-,44-,47+,48-/m0/s1. The predicted octanol–water partition coefficient (Wildman–Crippen LogP) is -17.3. The fraction of sp³-hybridized carbons (Fsp3) is 0.896. The number of aliphatic carboxylic acids is 2. The zero-order valence-corrected chi connectivity index (χ0v) is 47.2. The zero-order valence-electron chi connectivity index (χ0n) is 47.2. The van der Waals surface area contributed by atoms with E-state index in [2.05, 4.69) is 10.6 Å². The summed E-state index contributed by atoms with van der Waals surface area (Å²) in [6.07, 6.45) is -63.2. The number of aliphatic hydroxyl groups is 21. The Morgan fingerprint density at radius 1 is 0.478 bits per heavy atom. The van der Waals surface area contributed by atoms with Gasteiger partial charge in [-0.2, -0.15) is 0 Å². The molecular weight excluding hydrogens is 1240 g/mol. The van der Waals surface area contributed by atoms with Gasteiger partial charge in [0.05, 0.1) is 63.9 Å². The molecule has 0 aliphatic carbocycles. The summed E-state index contributed by atoms with van der Waals surface area (Å²) in [5.74, 6) is -14.6. The largest absolute Gasteiger partial charge is 0.477 e. The van der Waals surface area contributed by atoms with Gasteiger partial charge in [-0.05, 0) is 0 Å². The Hall–Kier alpha value is -3.93. The van der Waals surface area contributed by atoms with Gasteiger partial charge < -0.3 is 186 Å². The molecule has 3 amide bonds. The van der Waals surface area contributed by atoms with Crippen molar-refractivity contribution in [2.24, 2.45) is 0 Å². The highest BCUT2D eigenvalue weighted by Gasteiger charge is 2.63. The molecule has 520 valence electrons. The number of carbonyl (C=O) groups excluding carboxylic acids is 3. The minimum Gasteiger partial charge on any atom is -0.477 e. The number of amides is 3. The van der Waals surface area contributed by atoms with Crippen LogP contribution in [0, 0.1) is 0 Å². The second-order valence-electron chi connectivity index (χ2n) is 21.9. The van der Waals surface area contributed by atoms with E-state index in [1.165, 1.54) is 0 Å². The van der Waals surface area contributed by atoms with E-state index in [1.807, 2.05) is 5.32 Å². The lowest BCUT2D eigenvalue weighted by atomic mass is 9.88. The first-order valence-corrected chi connectivity index (χ1v) is 27.7. The van der Waals surface area contributed by atoms with E-state index in [9.17, 15) is 141 Å². The van der Waals surface area contributed by atoms with Gasteiger partial charge in [0, 0.05) is 19.8 Å². The van der Waals surface area contributed by atoms with E-state index in [0.717, 1.165) is 6.92 Å². The Kier molecular flexibility index (Phi) is 26.7. The molecule has 0 aromatic heterocycles. The van der Waals surface area contributed by atoms with E-state index in [1.54, 1.807) is 0 Å². The van der Waals surface area contributed by atoms with Crippen LogP contribution in [0.25, 0.3) is 0 Å². The smallest absolute Gasteiger partial charge is 0.364 e. The third-order valence-corrected chi connectivity index (χ3v) is 15.8. The summed E-state index contributed by atoms with van der Waals surface area (Å²) >= 11 is 0. The van der Waals surface area contributed by atoms with Crippen LogP contribution in [0.4, 0.5) is 0 Å². The Bertz CT molecular complexity index is 2350. The van der Waals surface area contributed by atoms with Crippen LogP contribution >= 0.6 is 0 Å². The van der Waals surface area contributed by atoms with Gasteiger partial charge in [0.15, 0.2) is 25.2 Å². The lowest BCUT2D eigenvalue weighted by Crippen LogP contribution is -2.72. The van der Waals surface area contributed by atoms with Crippen molar-refractivity contribution in [3.63, 3.8) is 0 Å². The second-order valence-corrected chi connectivity index (χ2v) is 21.9. The van der Waals surface area contributed by atoms with Crippen molar-refractivity contribution in [2.75, 3.05) is 52.9 Å². The van der Waals surface area contributed by atoms with E-state index >= 15 is 0 Å². The molecule has 6 fully saturated rings. The molecule has 0 spiro atoms. The maximum absolute atomic E-state index is 13.3. The van der Waals surface area contributed by atoms with Crippen LogP contribution in [0.1, 0.15) is 19.8 Å². The van der Waals surface area contributed by atoms with Gasteiger partial charge >= 0.3 is 11.9 Å². The molecule has 42 nitrogen and oxygen atoms in total. The molecule has 90 heavy (non-hydrogen) atoms. The third-order valence-electron chi connectivity index (χ3n) is 15.8. The minimum atomic E-state index is -3.41. The number of aliphatic hydroxyl groups excluding tert-OH is 21. The highest BCUT2D eigenvalue weighted by Crippen LogP contribution is 2.41. The summed E-state index contributed by atoms with van der Waals surface area (Å²) in [5, 5.41) is 253. The summed E-state index contributed by atoms with van der Waals surface area (Å²) in [6, 6.07) is -5.95. The fourth-order valence-electron chi connectivity index (χ4n) is 11.0. The molecule has 6 aliphatic rings. The van der Waals surface area contributed by atoms with Gasteiger partial charge in [-0.15, -0.1) is 0 Å².